The summed E-state index contributed by atoms with van der Waals surface area (Å²) in [5.74, 6) is -16.3. The summed E-state index contributed by atoms with van der Waals surface area (Å²) >= 11 is 0. The van der Waals surface area contributed by atoms with Crippen molar-refractivity contribution in [2.45, 2.75) is 396 Å². The molecule has 39 N–H and O–H groups in total. The van der Waals surface area contributed by atoms with Crippen molar-refractivity contribution in [1.29, 1.82) is 0 Å². The van der Waals surface area contributed by atoms with E-state index >= 15 is 0 Å². The summed E-state index contributed by atoms with van der Waals surface area (Å²) in [4.78, 5) is 91.1. The third-order valence-electron chi connectivity index (χ3n) is 26.9. The number of rotatable bonds is 42. The molecule has 11 heterocycles. The van der Waals surface area contributed by atoms with Crippen LogP contribution in [0.4, 0.5) is 0 Å². The summed E-state index contributed by atoms with van der Waals surface area (Å²) in [6.45, 7) is -9.62. The van der Waals surface area contributed by atoms with Crippen LogP contribution in [0.5, 0.6) is 0 Å². The fourth-order valence-electron chi connectivity index (χ4n) is 19.2. The average Bonchev–Trinajstić information content (AvgIpc) is 0.746. The van der Waals surface area contributed by atoms with Crippen molar-refractivity contribution in [1.82, 2.24) is 26.6 Å². The van der Waals surface area contributed by atoms with Gasteiger partial charge in [-0.3, -0.25) is 24.0 Å². The number of hydrogen-bond acceptors (Lipinski definition) is 60. The molecule has 1 unspecified atom stereocenters. The molecule has 67 heteroatoms. The standard InChI is InChI=1S/C82H135N5O62/c1-19(98)83-37-24(103)6-81(79(125)126,146-63(37)42(107)26(105)8-88)148-66-47(112)31(13-93)132-75(57(66)122)140-60-33(15-95)136-72(41(51(60)116)87-23(5)102)145-69-54(119)46(111)30(12-92)134-78(69)143-65-48(113)36(138-74(56(65)121)139-59-32(14-94)130-70(124)39(49(59)114)85-21(3)100)18-129-77-68(53(118)45(110)29(11-91)133-77)144-71-40(86-22(4)101)50(115)61(34(16-96)135-71)141-76-58(123)67(62(35(17-97)137-76)142-73-55(120)52(117)44(109)28(10-90)131-73)149-82(80(127)128)7-25(104)38(84-20(2)99)64(147-82)43(108)27(106)9-89/h24-78,88-97,103-124H,6-18H2,1-5H3,(H,83,98)(H,84,99)(H,85,100)(H,86,101)(H,87,102)(H,125,126)(H,127,128)/t24-,25-,26+,27+,28+,29+,30+,31+,32+,33+,34+,35+,36+,37+,38+,39+,40+,41+,42+,43+,44-,45+,46+,47-,48+,49+,50+,51+,52-,53-,54-,55+,56-,57+,58+,59+,60+,61+,62-,63+,64+,65-,66-,67+,68-,69-,70?,71-,72-,73-,74-,75-,76-,77-,78+,81-,82-/m0/s1. The van der Waals surface area contributed by atoms with Crippen molar-refractivity contribution >= 4 is 41.5 Å². The minimum atomic E-state index is -3.51. The molecule has 57 atom stereocenters. The highest BCUT2D eigenvalue weighted by Crippen LogP contribution is 2.46. The van der Waals surface area contributed by atoms with E-state index in [0.717, 1.165) is 34.6 Å². The van der Waals surface area contributed by atoms with E-state index in [2.05, 4.69) is 26.6 Å². The van der Waals surface area contributed by atoms with E-state index in [-0.39, 0.29) is 0 Å². The molecule has 11 rings (SSSR count). The van der Waals surface area contributed by atoms with E-state index < -0.39 is 476 Å². The third kappa shape index (κ3) is 27.1. The summed E-state index contributed by atoms with van der Waals surface area (Å²) < 4.78 is 125. The summed E-state index contributed by atoms with van der Waals surface area (Å²) in [5, 5.41) is 395. The average molecular weight is 2180 g/mol. The van der Waals surface area contributed by atoms with E-state index in [4.69, 9.17) is 99.5 Å². The van der Waals surface area contributed by atoms with Gasteiger partial charge in [-0.25, -0.2) is 9.59 Å². The van der Waals surface area contributed by atoms with Crippen molar-refractivity contribution in [2.24, 2.45) is 0 Å². The number of ether oxygens (including phenoxy) is 21. The Kier molecular flexibility index (Phi) is 43.9. The van der Waals surface area contributed by atoms with Crippen LogP contribution < -0.4 is 26.6 Å². The number of carbonyl (C=O) groups is 7. The molecule has 0 aromatic heterocycles. The Hall–Kier alpha value is -5.83. The molecular formula is C82H135N5O62. The first-order chi connectivity index (χ1) is 70.2. The van der Waals surface area contributed by atoms with Gasteiger partial charge in [0.1, 0.15) is 256 Å². The lowest BCUT2D eigenvalue weighted by atomic mass is 9.88. The lowest BCUT2D eigenvalue weighted by Crippen LogP contribution is -2.72. The maximum atomic E-state index is 13.8. The zero-order chi connectivity index (χ0) is 110. The number of carbonyl (C=O) groups excluding carboxylic acids is 5. The Balaban J connectivity index is 0.887. The van der Waals surface area contributed by atoms with Gasteiger partial charge in [0, 0.05) is 47.5 Å². The minimum absolute atomic E-state index is 0.828. The fraction of sp³-hybridized carbons (Fsp3) is 0.915. The molecular weight excluding hydrogens is 2050 g/mol. The molecule has 11 aliphatic rings. The summed E-state index contributed by atoms with van der Waals surface area (Å²) in [6.07, 6.45) is -119. The topological polar surface area (TPSA) is 1060 Å². The summed E-state index contributed by atoms with van der Waals surface area (Å²) in [5.41, 5.74) is 0. The number of amides is 5. The van der Waals surface area contributed by atoms with Crippen molar-refractivity contribution in [2.75, 3.05) is 72.7 Å². The van der Waals surface area contributed by atoms with Gasteiger partial charge in [0.25, 0.3) is 11.6 Å². The number of hydrogen-bond donors (Lipinski definition) is 39. The highest BCUT2D eigenvalue weighted by molar-refractivity contribution is 5.78. The summed E-state index contributed by atoms with van der Waals surface area (Å²) in [7, 11) is 0. The molecule has 0 bridgehead atoms. The molecule has 0 aromatic rings. The lowest BCUT2D eigenvalue weighted by Gasteiger charge is -2.52. The number of carboxylic acid groups (broad SMARTS) is 2. The fourth-order valence-corrected chi connectivity index (χ4v) is 19.2. The molecule has 0 radical (unpaired) electrons. The number of nitrogens with one attached hydrogen (secondary N) is 5. The predicted octanol–water partition coefficient (Wildman–Crippen LogP) is -25.8. The maximum absolute atomic E-state index is 13.8. The van der Waals surface area contributed by atoms with Gasteiger partial charge in [-0.1, -0.05) is 0 Å². The van der Waals surface area contributed by atoms with Crippen LogP contribution in [0.3, 0.4) is 0 Å². The zero-order valence-electron chi connectivity index (χ0n) is 79.6. The van der Waals surface area contributed by atoms with Crippen LogP contribution >= 0.6 is 0 Å². The van der Waals surface area contributed by atoms with Gasteiger partial charge in [-0.2, -0.15) is 0 Å². The number of aliphatic carboxylic acids is 2. The molecule has 0 spiro atoms. The first kappa shape index (κ1) is 123. The first-order valence-corrected chi connectivity index (χ1v) is 46.9. The Morgan fingerprint density at radius 2 is 0.557 bits per heavy atom. The van der Waals surface area contributed by atoms with Gasteiger partial charge in [0.15, 0.2) is 56.6 Å². The van der Waals surface area contributed by atoms with E-state index in [1.54, 1.807) is 0 Å². The highest BCUT2D eigenvalue weighted by atomic mass is 16.8. The summed E-state index contributed by atoms with van der Waals surface area (Å²) in [6, 6.07) is -9.90. The van der Waals surface area contributed by atoms with E-state index in [0.29, 0.717) is 0 Å². The lowest BCUT2D eigenvalue weighted by molar-refractivity contribution is -0.405. The monoisotopic (exact) mass is 2180 g/mol. The van der Waals surface area contributed by atoms with Crippen LogP contribution in [-0.2, 0) is 133 Å². The largest absolute Gasteiger partial charge is 0.477 e. The molecule has 0 saturated carbocycles. The van der Waals surface area contributed by atoms with Crippen LogP contribution in [0.2, 0.25) is 0 Å². The Bertz CT molecular complexity index is 4280. The van der Waals surface area contributed by atoms with Gasteiger partial charge >= 0.3 is 11.9 Å². The second-order valence-electron chi connectivity index (χ2n) is 37.4. The Morgan fingerprint density at radius 3 is 0.953 bits per heavy atom. The van der Waals surface area contributed by atoms with Crippen LogP contribution in [-0.4, -0.2) is 636 Å². The van der Waals surface area contributed by atoms with E-state index in [1.165, 1.54) is 0 Å². The zero-order valence-corrected chi connectivity index (χ0v) is 79.6. The van der Waals surface area contributed by atoms with Crippen LogP contribution in [0.15, 0.2) is 0 Å². The Morgan fingerprint density at radius 1 is 0.275 bits per heavy atom. The maximum Gasteiger partial charge on any atom is 0.364 e. The van der Waals surface area contributed by atoms with Gasteiger partial charge in [-0.15, -0.1) is 0 Å². The molecule has 149 heavy (non-hydrogen) atoms. The van der Waals surface area contributed by atoms with Crippen LogP contribution in [0.25, 0.3) is 0 Å². The second-order valence-corrected chi connectivity index (χ2v) is 37.4. The molecule has 0 aliphatic carbocycles. The highest BCUT2D eigenvalue weighted by Gasteiger charge is 2.67. The molecule has 67 nitrogen and oxygen atoms in total. The molecule has 11 fully saturated rings. The normalized spacial score (nSPS) is 46.8. The quantitative estimate of drug-likeness (QED) is 0.0270. The molecule has 5 amide bonds. The smallest absolute Gasteiger partial charge is 0.364 e. The SMILES string of the molecule is CC(=O)N[C@H]1[C@H](O[C@@H]2[C@@H](O[C@@H]3[C@H](O)[C@H](O[C@H]4[C@H](O)[C@@H](NC(C)=O)C(O)O[C@@H]4CO)O[C@H](CO[C@H]4O[C@H](CO)[C@@H](O)[C@H](O)[C@@H]4O[C@@H]4O[C@H](CO)[C@@H](O[C@@H]5O[C@H](CO)[C@H](O[C@@H]6O[C@H](CO)[C@H](O)[C@H](O)[C@H]6O)[C@H](O[C@]6(C(=O)O)C[C@H](O)[C@@H](NC(C)=O)[C@H]([C@H](O)[C@H](O)CO)O6)[C@H]5O)[C@H](O)[C@H]4NC(C)=O)[C@H]3O)O[C@H](CO)[C@@H](O)[C@@H]2O)O[C@H](CO)[C@@H](O[C@@H]2O[C@H](CO)[C@H](O)[C@H](O[C@]3(C(=O)O)C[C@H](O)[C@@H](NC(C)=O)[C@H]([C@H](O)[C@H](O)CO)O3)[C@H]2O)[C@@H]1O. The van der Waals surface area contributed by atoms with Gasteiger partial charge in [0.05, 0.1) is 97.0 Å². The number of aliphatic hydroxyl groups excluding tert-OH is 32. The van der Waals surface area contributed by atoms with E-state index in [9.17, 15) is 207 Å². The van der Waals surface area contributed by atoms with Crippen molar-refractivity contribution in [3.63, 3.8) is 0 Å². The molecule has 860 valence electrons. The predicted molar refractivity (Wildman–Crippen MR) is 455 cm³/mol. The molecule has 11 aliphatic heterocycles. The van der Waals surface area contributed by atoms with Crippen LogP contribution in [0, 0.1) is 0 Å². The first-order valence-electron chi connectivity index (χ1n) is 46.9. The third-order valence-corrected chi connectivity index (χ3v) is 26.9. The van der Waals surface area contributed by atoms with Gasteiger partial charge < -0.3 is 300 Å². The molecule has 11 saturated heterocycles. The number of aliphatic hydroxyl groups is 32. The molecule has 0 aromatic carbocycles. The Labute approximate surface area is 841 Å². The van der Waals surface area contributed by atoms with E-state index in [1.807, 2.05) is 0 Å². The van der Waals surface area contributed by atoms with Crippen molar-refractivity contribution in [3.8, 4) is 0 Å². The van der Waals surface area contributed by atoms with Crippen molar-refractivity contribution in [3.05, 3.63) is 0 Å². The van der Waals surface area contributed by atoms with Crippen molar-refractivity contribution < 1.29 is 307 Å². The second kappa shape index (κ2) is 53.0. The van der Waals surface area contributed by atoms with Crippen LogP contribution in [0.1, 0.15) is 47.5 Å². The van der Waals surface area contributed by atoms with Gasteiger partial charge in [0.2, 0.25) is 29.5 Å². The number of carboxylic acids is 2. The minimum Gasteiger partial charge on any atom is -0.477 e. The van der Waals surface area contributed by atoms with Gasteiger partial charge in [-0.05, 0) is 0 Å².